The fraction of sp³-hybridized carbons (Fsp3) is 0.647. The predicted octanol–water partition coefficient (Wildman–Crippen LogP) is 4.72. The van der Waals surface area contributed by atoms with Gasteiger partial charge in [0.2, 0.25) is 0 Å². The van der Waals surface area contributed by atoms with Gasteiger partial charge in [0.1, 0.15) is 5.75 Å². The van der Waals surface area contributed by atoms with Gasteiger partial charge in [-0.05, 0) is 42.7 Å². The molecule has 0 spiro atoms. The van der Waals surface area contributed by atoms with E-state index < -0.39 is 0 Å². The number of rotatable bonds is 2. The van der Waals surface area contributed by atoms with Crippen LogP contribution in [0.3, 0.4) is 0 Å². The van der Waals surface area contributed by atoms with Crippen LogP contribution in [0.4, 0.5) is 5.69 Å². The van der Waals surface area contributed by atoms with E-state index in [0.29, 0.717) is 23.1 Å². The summed E-state index contributed by atoms with van der Waals surface area (Å²) >= 11 is 0. The average molecular weight is 261 g/mol. The van der Waals surface area contributed by atoms with Crippen molar-refractivity contribution in [2.75, 3.05) is 5.32 Å². The molecule has 0 radical (unpaired) electrons. The first kappa shape index (κ1) is 14.2. The molecule has 106 valence electrons. The molecule has 1 aliphatic rings. The predicted molar refractivity (Wildman–Crippen MR) is 81.7 cm³/mol. The minimum Gasteiger partial charge on any atom is -0.508 e. The van der Waals surface area contributed by atoms with Gasteiger partial charge in [0.05, 0.1) is 0 Å². The molecule has 1 aromatic carbocycles. The second-order valence-electron chi connectivity index (χ2n) is 7.01. The van der Waals surface area contributed by atoms with E-state index in [1.54, 1.807) is 0 Å². The Kier molecular flexibility index (Phi) is 4.07. The Labute approximate surface area is 117 Å². The van der Waals surface area contributed by atoms with Crippen molar-refractivity contribution in [3.63, 3.8) is 0 Å². The number of anilines is 1. The largest absolute Gasteiger partial charge is 0.508 e. The molecule has 1 aromatic rings. The fourth-order valence-corrected chi connectivity index (χ4v) is 3.25. The zero-order chi connectivity index (χ0) is 14.0. The summed E-state index contributed by atoms with van der Waals surface area (Å²) in [6.07, 6.45) is 5.19. The third-order valence-electron chi connectivity index (χ3n) is 4.44. The third kappa shape index (κ3) is 3.43. The monoisotopic (exact) mass is 261 g/mol. The van der Waals surface area contributed by atoms with Crippen molar-refractivity contribution in [3.05, 3.63) is 23.8 Å². The first-order chi connectivity index (χ1) is 8.88. The van der Waals surface area contributed by atoms with Crippen molar-refractivity contribution in [2.45, 2.75) is 59.4 Å². The van der Waals surface area contributed by atoms with Gasteiger partial charge in [-0.3, -0.25) is 0 Å². The first-order valence-electron chi connectivity index (χ1n) is 7.44. The number of phenolic OH excluding ortho intramolecular Hbond substituents is 1. The highest BCUT2D eigenvalue weighted by Crippen LogP contribution is 2.39. The number of aryl methyl sites for hydroxylation is 1. The molecule has 0 aromatic heterocycles. The van der Waals surface area contributed by atoms with Gasteiger partial charge in [-0.2, -0.15) is 0 Å². The molecule has 0 bridgehead atoms. The molecular weight excluding hydrogens is 234 g/mol. The molecule has 2 atom stereocenters. The summed E-state index contributed by atoms with van der Waals surface area (Å²) in [5.41, 5.74) is 2.32. The van der Waals surface area contributed by atoms with Gasteiger partial charge < -0.3 is 10.4 Å². The smallest absolute Gasteiger partial charge is 0.120 e. The summed E-state index contributed by atoms with van der Waals surface area (Å²) in [7, 11) is 0. The first-order valence-corrected chi connectivity index (χ1v) is 7.44. The van der Waals surface area contributed by atoms with Crippen molar-refractivity contribution >= 4 is 5.69 Å². The topological polar surface area (TPSA) is 32.3 Å². The summed E-state index contributed by atoms with van der Waals surface area (Å²) in [4.78, 5) is 0. The number of nitrogens with one attached hydrogen (secondary N) is 1. The number of benzene rings is 1. The zero-order valence-electron chi connectivity index (χ0n) is 12.7. The Bertz CT molecular complexity index is 433. The summed E-state index contributed by atoms with van der Waals surface area (Å²) in [5.74, 6) is 1.08. The molecule has 0 aliphatic heterocycles. The molecule has 2 rings (SSSR count). The van der Waals surface area contributed by atoms with Crippen molar-refractivity contribution in [1.29, 1.82) is 0 Å². The van der Waals surface area contributed by atoms with Crippen LogP contribution < -0.4 is 5.32 Å². The van der Waals surface area contributed by atoms with Crippen LogP contribution in [0.15, 0.2) is 18.2 Å². The van der Waals surface area contributed by atoms with Gasteiger partial charge in [-0.25, -0.2) is 0 Å². The maximum atomic E-state index is 9.82. The van der Waals surface area contributed by atoms with Crippen LogP contribution in [0.1, 0.15) is 52.0 Å². The van der Waals surface area contributed by atoms with Gasteiger partial charge in [0.15, 0.2) is 0 Å². The minimum atomic E-state index is 0.338. The van der Waals surface area contributed by atoms with Crippen LogP contribution in [0.5, 0.6) is 5.75 Å². The molecule has 2 heteroatoms. The molecule has 0 heterocycles. The number of phenols is 1. The van der Waals surface area contributed by atoms with Gasteiger partial charge in [0, 0.05) is 17.8 Å². The highest BCUT2D eigenvalue weighted by molar-refractivity contribution is 5.51. The van der Waals surface area contributed by atoms with Gasteiger partial charge in [-0.15, -0.1) is 0 Å². The lowest BCUT2D eigenvalue weighted by atomic mass is 9.69. The lowest BCUT2D eigenvalue weighted by Gasteiger charge is -2.41. The highest BCUT2D eigenvalue weighted by atomic mass is 16.3. The SMILES string of the molecule is Cc1ccc(NC2CCCCC2C(C)(C)C)cc1O. The molecule has 2 unspecified atom stereocenters. The number of hydrogen-bond acceptors (Lipinski definition) is 2. The molecule has 1 aliphatic carbocycles. The number of aromatic hydroxyl groups is 1. The highest BCUT2D eigenvalue weighted by Gasteiger charge is 2.33. The fourth-order valence-electron chi connectivity index (χ4n) is 3.25. The summed E-state index contributed by atoms with van der Waals surface area (Å²) in [6, 6.07) is 6.43. The molecular formula is C17H27NO. The second-order valence-corrected chi connectivity index (χ2v) is 7.01. The molecule has 1 fully saturated rings. The molecule has 19 heavy (non-hydrogen) atoms. The van der Waals surface area contributed by atoms with E-state index in [1.165, 1.54) is 25.7 Å². The van der Waals surface area contributed by atoms with E-state index in [-0.39, 0.29) is 0 Å². The Morgan fingerprint density at radius 3 is 2.47 bits per heavy atom. The van der Waals surface area contributed by atoms with Gasteiger partial charge in [-0.1, -0.05) is 39.7 Å². The molecule has 0 saturated heterocycles. The maximum Gasteiger partial charge on any atom is 0.120 e. The standard InChI is InChI=1S/C17H27NO/c1-12-9-10-13(11-16(12)19)18-15-8-6-5-7-14(15)17(2,3)4/h9-11,14-15,18-19H,5-8H2,1-4H3. The quantitative estimate of drug-likeness (QED) is 0.807. The average Bonchev–Trinajstić information content (AvgIpc) is 2.33. The van der Waals surface area contributed by atoms with Crippen molar-refractivity contribution in [2.24, 2.45) is 11.3 Å². The van der Waals surface area contributed by atoms with E-state index in [0.717, 1.165) is 11.3 Å². The Morgan fingerprint density at radius 1 is 1.16 bits per heavy atom. The molecule has 1 saturated carbocycles. The zero-order valence-corrected chi connectivity index (χ0v) is 12.7. The Balaban J connectivity index is 2.13. The van der Waals surface area contributed by atoms with Crippen LogP contribution >= 0.6 is 0 Å². The van der Waals surface area contributed by atoms with Crippen molar-refractivity contribution in [1.82, 2.24) is 0 Å². The van der Waals surface area contributed by atoms with Crippen LogP contribution in [0, 0.1) is 18.3 Å². The lowest BCUT2D eigenvalue weighted by molar-refractivity contribution is 0.163. The van der Waals surface area contributed by atoms with E-state index in [9.17, 15) is 5.11 Å². The molecule has 2 nitrogen and oxygen atoms in total. The van der Waals surface area contributed by atoms with E-state index in [1.807, 2.05) is 19.1 Å². The van der Waals surface area contributed by atoms with Crippen LogP contribution in [0.2, 0.25) is 0 Å². The van der Waals surface area contributed by atoms with Crippen LogP contribution in [0.25, 0.3) is 0 Å². The van der Waals surface area contributed by atoms with Gasteiger partial charge in [0.25, 0.3) is 0 Å². The molecule has 0 amide bonds. The molecule has 2 N–H and O–H groups in total. The summed E-state index contributed by atoms with van der Waals surface area (Å²) in [5, 5.41) is 13.5. The van der Waals surface area contributed by atoms with Crippen molar-refractivity contribution < 1.29 is 5.11 Å². The Hall–Kier alpha value is -1.18. The third-order valence-corrected chi connectivity index (χ3v) is 4.44. The van der Waals surface area contributed by atoms with Crippen LogP contribution in [-0.2, 0) is 0 Å². The summed E-state index contributed by atoms with van der Waals surface area (Å²) in [6.45, 7) is 8.94. The van der Waals surface area contributed by atoms with Crippen molar-refractivity contribution in [3.8, 4) is 5.75 Å². The van der Waals surface area contributed by atoms with Gasteiger partial charge >= 0.3 is 0 Å². The Morgan fingerprint density at radius 2 is 1.84 bits per heavy atom. The maximum absolute atomic E-state index is 9.82. The van der Waals surface area contributed by atoms with Crippen LogP contribution in [-0.4, -0.2) is 11.1 Å². The van der Waals surface area contributed by atoms with E-state index >= 15 is 0 Å². The summed E-state index contributed by atoms with van der Waals surface area (Å²) < 4.78 is 0. The minimum absolute atomic E-state index is 0.338. The number of hydrogen-bond donors (Lipinski definition) is 2. The van der Waals surface area contributed by atoms with E-state index in [4.69, 9.17) is 0 Å². The second kappa shape index (κ2) is 5.44. The van der Waals surface area contributed by atoms with E-state index in [2.05, 4.69) is 32.2 Å². The normalized spacial score (nSPS) is 24.2. The lowest BCUT2D eigenvalue weighted by Crippen LogP contribution is -2.39.